The van der Waals surface area contributed by atoms with Crippen LogP contribution in [0.25, 0.3) is 0 Å². The zero-order chi connectivity index (χ0) is 20.9. The summed E-state index contributed by atoms with van der Waals surface area (Å²) in [6.45, 7) is 2.96. The van der Waals surface area contributed by atoms with Crippen LogP contribution in [-0.4, -0.2) is 33.8 Å². The van der Waals surface area contributed by atoms with Gasteiger partial charge in [-0.1, -0.05) is 30.3 Å². The van der Waals surface area contributed by atoms with Gasteiger partial charge in [-0.2, -0.15) is 0 Å². The first-order valence-corrected chi connectivity index (χ1v) is 11.7. The van der Waals surface area contributed by atoms with E-state index in [0.717, 1.165) is 35.3 Å². The average Bonchev–Trinajstić information content (AvgIpc) is 2.64. The fourth-order valence-corrected chi connectivity index (χ4v) is 4.21. The van der Waals surface area contributed by atoms with Gasteiger partial charge in [0.1, 0.15) is 5.75 Å². The number of benzene rings is 2. The molecule has 0 unspecified atom stereocenters. The summed E-state index contributed by atoms with van der Waals surface area (Å²) in [5.74, 6) is 1.60. The summed E-state index contributed by atoms with van der Waals surface area (Å²) in [6.07, 6.45) is 5.06. The van der Waals surface area contributed by atoms with Gasteiger partial charge in [-0.05, 0) is 49.4 Å². The Morgan fingerprint density at radius 3 is 2.48 bits per heavy atom. The van der Waals surface area contributed by atoms with Crippen molar-refractivity contribution in [3.63, 3.8) is 0 Å². The van der Waals surface area contributed by atoms with E-state index < -0.39 is 9.84 Å². The number of rotatable bonds is 7. The second kappa shape index (κ2) is 9.31. The Labute approximate surface area is 173 Å². The number of sulfone groups is 1. The third-order valence-corrected chi connectivity index (χ3v) is 6.34. The number of aliphatic imine (C=N–C) groups is 1. The highest BCUT2D eigenvalue weighted by Crippen LogP contribution is 2.27. The molecule has 0 spiro atoms. The zero-order valence-corrected chi connectivity index (χ0v) is 18.1. The first-order chi connectivity index (χ1) is 13.9. The Morgan fingerprint density at radius 1 is 1.14 bits per heavy atom. The number of hydrogen-bond donors (Lipinski definition) is 2. The lowest BCUT2D eigenvalue weighted by Gasteiger charge is -2.27. The molecule has 0 radical (unpaired) electrons. The van der Waals surface area contributed by atoms with E-state index in [1.807, 2.05) is 37.3 Å². The van der Waals surface area contributed by atoms with Crippen molar-refractivity contribution < 1.29 is 13.2 Å². The van der Waals surface area contributed by atoms with Crippen LogP contribution in [0.3, 0.4) is 0 Å². The van der Waals surface area contributed by atoms with Crippen molar-refractivity contribution in [1.82, 2.24) is 10.6 Å². The molecule has 0 saturated heterocycles. The highest BCUT2D eigenvalue weighted by molar-refractivity contribution is 7.90. The maximum Gasteiger partial charge on any atom is 0.191 e. The van der Waals surface area contributed by atoms with Gasteiger partial charge in [0.2, 0.25) is 0 Å². The van der Waals surface area contributed by atoms with Crippen molar-refractivity contribution in [2.45, 2.75) is 50.3 Å². The Bertz CT molecular complexity index is 983. The van der Waals surface area contributed by atoms with Gasteiger partial charge in [-0.25, -0.2) is 8.42 Å². The minimum absolute atomic E-state index is 0.340. The van der Waals surface area contributed by atoms with Crippen LogP contribution in [0.15, 0.2) is 52.4 Å². The monoisotopic (exact) mass is 415 g/mol. The first kappa shape index (κ1) is 21.2. The summed E-state index contributed by atoms with van der Waals surface area (Å²) >= 11 is 0. The van der Waals surface area contributed by atoms with E-state index in [9.17, 15) is 8.42 Å². The number of ether oxygens (including phenoxy) is 1. The molecule has 1 saturated carbocycles. The summed E-state index contributed by atoms with van der Waals surface area (Å²) in [7, 11) is -1.48. The van der Waals surface area contributed by atoms with Gasteiger partial charge in [0.15, 0.2) is 15.8 Å². The van der Waals surface area contributed by atoms with E-state index >= 15 is 0 Å². The van der Waals surface area contributed by atoms with Crippen LogP contribution in [0.4, 0.5) is 0 Å². The number of para-hydroxylation sites is 1. The molecule has 1 aliphatic rings. The summed E-state index contributed by atoms with van der Waals surface area (Å²) in [5, 5.41) is 6.59. The molecule has 2 aromatic carbocycles. The van der Waals surface area contributed by atoms with Gasteiger partial charge in [0.05, 0.1) is 11.0 Å². The number of nitrogens with one attached hydrogen (secondary N) is 2. The van der Waals surface area contributed by atoms with Gasteiger partial charge in [0, 0.05) is 32.0 Å². The third kappa shape index (κ3) is 5.73. The standard InChI is InChI=1S/C22H29N3O3S/c1-16-13-17(11-12-21(16)29(3,26)27)14-24-22(23-2)25-15-18-7-4-5-10-20(18)28-19-8-6-9-19/h4-5,7,10-13,19H,6,8-9,14-15H2,1-3H3,(H2,23,24,25). The molecule has 7 heteroatoms. The summed E-state index contributed by atoms with van der Waals surface area (Å²) in [5.41, 5.74) is 2.83. The normalized spacial score (nSPS) is 14.9. The van der Waals surface area contributed by atoms with E-state index in [-0.39, 0.29) is 0 Å². The van der Waals surface area contributed by atoms with Gasteiger partial charge in [-0.15, -0.1) is 0 Å². The highest BCUT2D eigenvalue weighted by atomic mass is 32.2. The van der Waals surface area contributed by atoms with Crippen molar-refractivity contribution in [1.29, 1.82) is 0 Å². The molecule has 0 heterocycles. The highest BCUT2D eigenvalue weighted by Gasteiger charge is 2.20. The van der Waals surface area contributed by atoms with Crippen molar-refractivity contribution >= 4 is 15.8 Å². The molecule has 2 aromatic rings. The smallest absolute Gasteiger partial charge is 0.191 e. The Kier molecular flexibility index (Phi) is 6.79. The number of aryl methyl sites for hydroxylation is 1. The molecule has 3 rings (SSSR count). The number of nitrogens with zero attached hydrogens (tertiary/aromatic N) is 1. The molecule has 0 aromatic heterocycles. The molecular weight excluding hydrogens is 386 g/mol. The minimum atomic E-state index is -3.20. The van der Waals surface area contributed by atoms with Crippen molar-refractivity contribution in [2.75, 3.05) is 13.3 Å². The predicted octanol–water partition coefficient (Wildman–Crippen LogP) is 3.20. The molecule has 29 heavy (non-hydrogen) atoms. The summed E-state index contributed by atoms with van der Waals surface area (Å²) in [6, 6.07) is 13.4. The second-order valence-electron chi connectivity index (χ2n) is 7.43. The van der Waals surface area contributed by atoms with Gasteiger partial charge in [-0.3, -0.25) is 4.99 Å². The molecule has 1 fully saturated rings. The molecule has 1 aliphatic carbocycles. The maximum absolute atomic E-state index is 11.8. The van der Waals surface area contributed by atoms with Crippen molar-refractivity contribution in [3.8, 4) is 5.75 Å². The molecule has 2 N–H and O–H groups in total. The van der Waals surface area contributed by atoms with E-state index in [4.69, 9.17) is 4.74 Å². The lowest BCUT2D eigenvalue weighted by Crippen LogP contribution is -2.36. The van der Waals surface area contributed by atoms with Crippen LogP contribution in [0, 0.1) is 6.92 Å². The lowest BCUT2D eigenvalue weighted by molar-refractivity contribution is 0.119. The molecular formula is C22H29N3O3S. The topological polar surface area (TPSA) is 79.8 Å². The molecule has 0 amide bonds. The SMILES string of the molecule is CN=C(NCc1ccc(S(C)(=O)=O)c(C)c1)NCc1ccccc1OC1CCC1. The zero-order valence-electron chi connectivity index (χ0n) is 17.2. The van der Waals surface area contributed by atoms with E-state index in [2.05, 4.69) is 21.7 Å². The minimum Gasteiger partial charge on any atom is -0.490 e. The van der Waals surface area contributed by atoms with E-state index in [1.165, 1.54) is 12.7 Å². The molecule has 156 valence electrons. The first-order valence-electron chi connectivity index (χ1n) is 9.85. The predicted molar refractivity (Wildman–Crippen MR) is 116 cm³/mol. The van der Waals surface area contributed by atoms with E-state index in [1.54, 1.807) is 13.1 Å². The van der Waals surface area contributed by atoms with Crippen LogP contribution >= 0.6 is 0 Å². The Hall–Kier alpha value is -2.54. The van der Waals surface area contributed by atoms with Crippen molar-refractivity contribution in [3.05, 3.63) is 59.2 Å². The van der Waals surface area contributed by atoms with Crippen molar-refractivity contribution in [2.24, 2.45) is 4.99 Å². The average molecular weight is 416 g/mol. The van der Waals surface area contributed by atoms with Gasteiger partial charge < -0.3 is 15.4 Å². The third-order valence-electron chi connectivity index (χ3n) is 5.09. The molecule has 0 bridgehead atoms. The molecule has 6 nitrogen and oxygen atoms in total. The van der Waals surface area contributed by atoms with Crippen LogP contribution < -0.4 is 15.4 Å². The fraction of sp³-hybridized carbons (Fsp3) is 0.409. The summed E-state index contributed by atoms with van der Waals surface area (Å²) in [4.78, 5) is 4.64. The van der Waals surface area contributed by atoms with Crippen LogP contribution in [0.5, 0.6) is 5.75 Å². The fourth-order valence-electron chi connectivity index (χ4n) is 3.26. The number of hydrogen-bond acceptors (Lipinski definition) is 4. The Morgan fingerprint density at radius 2 is 1.86 bits per heavy atom. The van der Waals surface area contributed by atoms with Crippen LogP contribution in [0.1, 0.15) is 36.0 Å². The maximum atomic E-state index is 11.8. The van der Waals surface area contributed by atoms with Crippen LogP contribution in [-0.2, 0) is 22.9 Å². The Balaban J connectivity index is 1.57. The largest absolute Gasteiger partial charge is 0.490 e. The molecule has 0 aliphatic heterocycles. The molecule has 0 atom stereocenters. The lowest BCUT2D eigenvalue weighted by atomic mass is 9.96. The second-order valence-corrected chi connectivity index (χ2v) is 9.41. The van der Waals surface area contributed by atoms with E-state index in [0.29, 0.717) is 30.0 Å². The quantitative estimate of drug-likeness (QED) is 0.536. The number of guanidine groups is 1. The van der Waals surface area contributed by atoms with Crippen LogP contribution in [0.2, 0.25) is 0 Å². The van der Waals surface area contributed by atoms with Gasteiger partial charge >= 0.3 is 0 Å². The summed E-state index contributed by atoms with van der Waals surface area (Å²) < 4.78 is 29.6. The van der Waals surface area contributed by atoms with Gasteiger partial charge in [0.25, 0.3) is 0 Å².